The van der Waals surface area contributed by atoms with Crippen molar-refractivity contribution in [2.24, 2.45) is 5.92 Å². The van der Waals surface area contributed by atoms with Gasteiger partial charge in [-0.25, -0.2) is 4.68 Å². The lowest BCUT2D eigenvalue weighted by Gasteiger charge is -2.24. The zero-order valence-corrected chi connectivity index (χ0v) is 15.1. The summed E-state index contributed by atoms with van der Waals surface area (Å²) in [6.07, 6.45) is 9.45. The van der Waals surface area contributed by atoms with Crippen LogP contribution < -0.4 is 5.32 Å². The second kappa shape index (κ2) is 6.65. The Morgan fingerprint density at radius 2 is 1.93 bits per heavy atom. The summed E-state index contributed by atoms with van der Waals surface area (Å²) >= 11 is 0. The SMILES string of the molecule is O=C(N[C@@H]1CCCc2c1cnn2-c1ccncc1)[C@@H]1C[C@H]1c1ccccc1. The van der Waals surface area contributed by atoms with Gasteiger partial charge in [0.2, 0.25) is 5.91 Å². The molecule has 1 amide bonds. The van der Waals surface area contributed by atoms with E-state index < -0.39 is 0 Å². The van der Waals surface area contributed by atoms with Gasteiger partial charge in [-0.3, -0.25) is 9.78 Å². The molecule has 1 fully saturated rings. The average Bonchev–Trinajstić information content (AvgIpc) is 3.41. The van der Waals surface area contributed by atoms with Gasteiger partial charge >= 0.3 is 0 Å². The monoisotopic (exact) mass is 358 g/mol. The molecule has 1 N–H and O–H groups in total. The maximum absolute atomic E-state index is 12.8. The van der Waals surface area contributed by atoms with Gasteiger partial charge in [-0.2, -0.15) is 5.10 Å². The summed E-state index contributed by atoms with van der Waals surface area (Å²) in [4.78, 5) is 16.9. The van der Waals surface area contributed by atoms with Crippen LogP contribution in [0.1, 0.15) is 48.0 Å². The first kappa shape index (κ1) is 16.2. The number of fused-ring (bicyclic) bond motifs is 1. The zero-order chi connectivity index (χ0) is 18.2. The van der Waals surface area contributed by atoms with Crippen molar-refractivity contribution in [1.82, 2.24) is 20.1 Å². The van der Waals surface area contributed by atoms with Crippen molar-refractivity contribution in [2.45, 2.75) is 37.6 Å². The topological polar surface area (TPSA) is 59.8 Å². The Balaban J connectivity index is 1.32. The second-order valence-corrected chi connectivity index (χ2v) is 7.48. The molecule has 5 nitrogen and oxygen atoms in total. The zero-order valence-electron chi connectivity index (χ0n) is 15.1. The molecule has 5 heteroatoms. The van der Waals surface area contributed by atoms with E-state index in [1.54, 1.807) is 12.4 Å². The Morgan fingerprint density at radius 3 is 2.74 bits per heavy atom. The molecule has 2 heterocycles. The number of hydrogen-bond acceptors (Lipinski definition) is 3. The normalized spacial score (nSPS) is 23.5. The number of nitrogens with zero attached hydrogens (tertiary/aromatic N) is 3. The molecule has 2 aliphatic carbocycles. The molecule has 2 aliphatic rings. The number of pyridine rings is 1. The largest absolute Gasteiger partial charge is 0.349 e. The first-order chi connectivity index (χ1) is 13.3. The van der Waals surface area contributed by atoms with Gasteiger partial charge in [-0.05, 0) is 49.3 Å². The molecule has 0 spiro atoms. The number of carbonyl (C=O) groups is 1. The molecule has 1 aromatic carbocycles. The highest BCUT2D eigenvalue weighted by Crippen LogP contribution is 2.48. The summed E-state index contributed by atoms with van der Waals surface area (Å²) in [6.45, 7) is 0. The van der Waals surface area contributed by atoms with Crippen LogP contribution in [0.2, 0.25) is 0 Å². The average molecular weight is 358 g/mol. The molecule has 0 bridgehead atoms. The van der Waals surface area contributed by atoms with Gasteiger partial charge in [0.15, 0.2) is 0 Å². The van der Waals surface area contributed by atoms with E-state index in [0.29, 0.717) is 5.92 Å². The highest BCUT2D eigenvalue weighted by Gasteiger charge is 2.44. The highest BCUT2D eigenvalue weighted by atomic mass is 16.2. The van der Waals surface area contributed by atoms with Gasteiger partial charge in [0.05, 0.1) is 17.9 Å². The van der Waals surface area contributed by atoms with Crippen LogP contribution >= 0.6 is 0 Å². The van der Waals surface area contributed by atoms with Crippen molar-refractivity contribution in [3.05, 3.63) is 77.9 Å². The third-order valence-corrected chi connectivity index (χ3v) is 5.76. The lowest BCUT2D eigenvalue weighted by Crippen LogP contribution is -2.32. The minimum absolute atomic E-state index is 0.0638. The van der Waals surface area contributed by atoms with E-state index in [1.165, 1.54) is 11.3 Å². The van der Waals surface area contributed by atoms with Crippen molar-refractivity contribution in [3.63, 3.8) is 0 Å². The lowest BCUT2D eigenvalue weighted by atomic mass is 9.92. The first-order valence-electron chi connectivity index (χ1n) is 9.64. The number of aromatic nitrogens is 3. The molecule has 0 saturated heterocycles. The van der Waals surface area contributed by atoms with Gasteiger partial charge in [-0.15, -0.1) is 0 Å². The van der Waals surface area contributed by atoms with Crippen LogP contribution in [0, 0.1) is 5.92 Å². The van der Waals surface area contributed by atoms with Crippen molar-refractivity contribution in [3.8, 4) is 5.69 Å². The Bertz CT molecular complexity index is 951. The van der Waals surface area contributed by atoms with Crippen LogP contribution in [0.15, 0.2) is 61.1 Å². The van der Waals surface area contributed by atoms with Crippen molar-refractivity contribution in [1.29, 1.82) is 0 Å². The van der Waals surface area contributed by atoms with E-state index in [9.17, 15) is 4.79 Å². The van der Waals surface area contributed by atoms with E-state index >= 15 is 0 Å². The minimum atomic E-state index is 0.0638. The van der Waals surface area contributed by atoms with Crippen LogP contribution in [0.5, 0.6) is 0 Å². The van der Waals surface area contributed by atoms with Gasteiger partial charge in [0, 0.05) is 29.6 Å². The molecule has 0 aliphatic heterocycles. The molecular weight excluding hydrogens is 336 g/mol. The molecule has 1 saturated carbocycles. The quantitative estimate of drug-likeness (QED) is 0.776. The van der Waals surface area contributed by atoms with Gasteiger partial charge < -0.3 is 5.32 Å². The Kier molecular flexibility index (Phi) is 4.00. The Morgan fingerprint density at radius 1 is 1.11 bits per heavy atom. The van der Waals surface area contributed by atoms with E-state index in [2.05, 4.69) is 27.5 Å². The summed E-state index contributed by atoms with van der Waals surface area (Å²) in [7, 11) is 0. The van der Waals surface area contributed by atoms with E-state index in [1.807, 2.05) is 41.2 Å². The number of rotatable bonds is 4. The smallest absolute Gasteiger partial charge is 0.224 e. The summed E-state index contributed by atoms with van der Waals surface area (Å²) in [5, 5.41) is 7.88. The molecule has 3 atom stereocenters. The third-order valence-electron chi connectivity index (χ3n) is 5.76. The molecule has 2 aromatic heterocycles. The van der Waals surface area contributed by atoms with Crippen LogP contribution in [0.25, 0.3) is 5.69 Å². The second-order valence-electron chi connectivity index (χ2n) is 7.48. The fourth-order valence-corrected chi connectivity index (χ4v) is 4.25. The Labute approximate surface area is 158 Å². The van der Waals surface area contributed by atoms with E-state index in [-0.39, 0.29) is 17.9 Å². The number of benzene rings is 1. The predicted molar refractivity (Wildman–Crippen MR) is 102 cm³/mol. The van der Waals surface area contributed by atoms with Crippen LogP contribution in [0.3, 0.4) is 0 Å². The molecule has 0 unspecified atom stereocenters. The maximum Gasteiger partial charge on any atom is 0.224 e. The molecule has 27 heavy (non-hydrogen) atoms. The molecule has 136 valence electrons. The van der Waals surface area contributed by atoms with Crippen LogP contribution in [-0.4, -0.2) is 20.7 Å². The number of hydrogen-bond donors (Lipinski definition) is 1. The molecular formula is C22H22N4O. The highest BCUT2D eigenvalue weighted by molar-refractivity contribution is 5.83. The van der Waals surface area contributed by atoms with Crippen LogP contribution in [-0.2, 0) is 11.2 Å². The van der Waals surface area contributed by atoms with Gasteiger partial charge in [0.1, 0.15) is 0 Å². The van der Waals surface area contributed by atoms with Crippen molar-refractivity contribution >= 4 is 5.91 Å². The minimum Gasteiger partial charge on any atom is -0.349 e. The summed E-state index contributed by atoms with van der Waals surface area (Å²) in [6, 6.07) is 14.3. The predicted octanol–water partition coefficient (Wildman–Crippen LogP) is 3.56. The number of nitrogens with one attached hydrogen (secondary N) is 1. The van der Waals surface area contributed by atoms with E-state index in [4.69, 9.17) is 0 Å². The van der Waals surface area contributed by atoms with E-state index in [0.717, 1.165) is 36.9 Å². The number of amides is 1. The van der Waals surface area contributed by atoms with Crippen molar-refractivity contribution in [2.75, 3.05) is 0 Å². The summed E-state index contributed by atoms with van der Waals surface area (Å²) in [5.41, 5.74) is 4.65. The van der Waals surface area contributed by atoms with Gasteiger partial charge in [-0.1, -0.05) is 30.3 Å². The number of carbonyl (C=O) groups excluding carboxylic acids is 1. The maximum atomic E-state index is 12.8. The van der Waals surface area contributed by atoms with Crippen molar-refractivity contribution < 1.29 is 4.79 Å². The standard InChI is InChI=1S/C22H22N4O/c27-22(18-13-17(18)15-5-2-1-3-6-15)25-20-7-4-8-21-19(20)14-24-26(21)16-9-11-23-12-10-16/h1-3,5-6,9-12,14,17-18,20H,4,7-8,13H2,(H,25,27)/t17-,18+,20+/m0/s1. The lowest BCUT2D eigenvalue weighted by molar-refractivity contribution is -0.123. The first-order valence-corrected chi connectivity index (χ1v) is 9.64. The molecule has 0 radical (unpaired) electrons. The fourth-order valence-electron chi connectivity index (χ4n) is 4.25. The summed E-state index contributed by atoms with van der Waals surface area (Å²) < 4.78 is 1.99. The molecule has 5 rings (SSSR count). The Hall–Kier alpha value is -2.95. The van der Waals surface area contributed by atoms with Crippen LogP contribution in [0.4, 0.5) is 0 Å². The molecule has 3 aromatic rings. The van der Waals surface area contributed by atoms with Gasteiger partial charge in [0.25, 0.3) is 0 Å². The third kappa shape index (κ3) is 3.03. The fraction of sp³-hybridized carbons (Fsp3) is 0.318. The summed E-state index contributed by atoms with van der Waals surface area (Å²) in [5.74, 6) is 0.653.